The summed E-state index contributed by atoms with van der Waals surface area (Å²) in [5.41, 5.74) is 2.51. The summed E-state index contributed by atoms with van der Waals surface area (Å²) in [7, 11) is 0. The van der Waals surface area contributed by atoms with Crippen molar-refractivity contribution < 1.29 is 22.7 Å². The molecule has 156 valence electrons. The summed E-state index contributed by atoms with van der Waals surface area (Å²) in [5.74, 6) is -0.859. The lowest BCUT2D eigenvalue weighted by molar-refractivity contribution is -0.115. The fourth-order valence-corrected chi connectivity index (χ4v) is 3.03. The van der Waals surface area contributed by atoms with Gasteiger partial charge in [0.2, 0.25) is 5.91 Å². The largest absolute Gasteiger partial charge is 0.435 e. The molecule has 0 saturated carbocycles. The molecule has 0 fully saturated rings. The number of carbonyl (C=O) groups is 1. The normalized spacial score (nSPS) is 11.9. The van der Waals surface area contributed by atoms with Crippen molar-refractivity contribution in [1.82, 2.24) is 5.32 Å². The second kappa shape index (κ2) is 9.93. The summed E-state index contributed by atoms with van der Waals surface area (Å²) in [6.45, 7) is -1.22. The molecule has 0 unspecified atom stereocenters. The number of alkyl halides is 2. The van der Waals surface area contributed by atoms with Crippen LogP contribution in [0.3, 0.4) is 0 Å². The third-order valence-electron chi connectivity index (χ3n) is 4.44. The van der Waals surface area contributed by atoms with Gasteiger partial charge in [0.1, 0.15) is 11.6 Å². The molecular weight excluding hydrogens is 393 g/mol. The van der Waals surface area contributed by atoms with Crippen LogP contribution in [0, 0.1) is 12.7 Å². The Morgan fingerprint density at radius 2 is 1.63 bits per heavy atom. The number of benzene rings is 3. The van der Waals surface area contributed by atoms with E-state index in [9.17, 15) is 18.0 Å². The maximum Gasteiger partial charge on any atom is 0.387 e. The van der Waals surface area contributed by atoms with Crippen molar-refractivity contribution in [2.45, 2.75) is 19.6 Å². The van der Waals surface area contributed by atoms with E-state index >= 15 is 0 Å². The molecule has 2 N–H and O–H groups in total. The summed E-state index contributed by atoms with van der Waals surface area (Å²) < 4.78 is 43.1. The minimum Gasteiger partial charge on any atom is -0.435 e. The molecule has 3 aromatic rings. The molecule has 30 heavy (non-hydrogen) atoms. The lowest BCUT2D eigenvalue weighted by Crippen LogP contribution is -2.32. The van der Waals surface area contributed by atoms with E-state index < -0.39 is 18.3 Å². The van der Waals surface area contributed by atoms with Crippen molar-refractivity contribution in [2.75, 3.05) is 11.9 Å². The molecule has 0 heterocycles. The van der Waals surface area contributed by atoms with Crippen LogP contribution in [0.1, 0.15) is 22.7 Å². The number of carbonyl (C=O) groups excluding carboxylic acids is 1. The zero-order valence-corrected chi connectivity index (χ0v) is 16.2. The van der Waals surface area contributed by atoms with E-state index in [0.717, 1.165) is 16.7 Å². The molecule has 0 aliphatic heterocycles. The highest BCUT2D eigenvalue weighted by Gasteiger charge is 2.16. The SMILES string of the molecule is Cc1ccc(NC(=O)CN[C@H](c2ccccc2)c2ccc(OC(F)F)cc2)c(F)c1. The molecule has 0 spiro atoms. The number of ether oxygens (including phenoxy) is 1. The Hall–Kier alpha value is -3.32. The number of hydrogen-bond donors (Lipinski definition) is 2. The molecule has 0 aliphatic carbocycles. The van der Waals surface area contributed by atoms with Crippen LogP contribution < -0.4 is 15.4 Å². The van der Waals surface area contributed by atoms with E-state index in [1.807, 2.05) is 30.3 Å². The van der Waals surface area contributed by atoms with Crippen LogP contribution in [0.25, 0.3) is 0 Å². The average molecular weight is 414 g/mol. The van der Waals surface area contributed by atoms with Crippen LogP contribution in [0.4, 0.5) is 18.9 Å². The highest BCUT2D eigenvalue weighted by atomic mass is 19.3. The van der Waals surface area contributed by atoms with Gasteiger partial charge in [-0.1, -0.05) is 48.5 Å². The molecule has 3 aromatic carbocycles. The molecule has 3 rings (SSSR count). The number of nitrogens with one attached hydrogen (secondary N) is 2. The van der Waals surface area contributed by atoms with Gasteiger partial charge in [-0.25, -0.2) is 4.39 Å². The molecule has 4 nitrogen and oxygen atoms in total. The minimum atomic E-state index is -2.90. The first-order chi connectivity index (χ1) is 14.4. The van der Waals surface area contributed by atoms with Gasteiger partial charge >= 0.3 is 6.61 Å². The fourth-order valence-electron chi connectivity index (χ4n) is 3.03. The molecular formula is C23H21F3N2O2. The van der Waals surface area contributed by atoms with Gasteiger partial charge in [0.05, 0.1) is 18.3 Å². The summed E-state index contributed by atoms with van der Waals surface area (Å²) >= 11 is 0. The number of hydrogen-bond acceptors (Lipinski definition) is 3. The standard InChI is InChI=1S/C23H21F3N2O2/c1-15-7-12-20(19(24)13-15)28-21(29)14-27-22(16-5-3-2-4-6-16)17-8-10-18(11-9-17)30-23(25)26/h2-13,22-23,27H,14H2,1H3,(H,28,29)/t22-/m1/s1. The quantitative estimate of drug-likeness (QED) is 0.542. The van der Waals surface area contributed by atoms with Gasteiger partial charge in [-0.2, -0.15) is 8.78 Å². The van der Waals surface area contributed by atoms with Crippen LogP contribution in [0.5, 0.6) is 5.75 Å². The average Bonchev–Trinajstić information content (AvgIpc) is 2.72. The number of aryl methyl sites for hydroxylation is 1. The molecule has 0 aliphatic rings. The molecule has 0 bridgehead atoms. The maximum atomic E-state index is 14.0. The molecule has 0 saturated heterocycles. The van der Waals surface area contributed by atoms with Crippen LogP contribution in [0.15, 0.2) is 72.8 Å². The Balaban J connectivity index is 1.72. The number of anilines is 1. The van der Waals surface area contributed by atoms with Gasteiger partial charge in [-0.3, -0.25) is 10.1 Å². The topological polar surface area (TPSA) is 50.4 Å². The monoisotopic (exact) mass is 414 g/mol. The van der Waals surface area contributed by atoms with Crippen LogP contribution >= 0.6 is 0 Å². The first-order valence-electron chi connectivity index (χ1n) is 9.31. The summed E-state index contributed by atoms with van der Waals surface area (Å²) in [4.78, 5) is 12.3. The van der Waals surface area contributed by atoms with Gasteiger partial charge in [0.25, 0.3) is 0 Å². The summed E-state index contributed by atoms with van der Waals surface area (Å²) in [6.07, 6.45) is 0. The van der Waals surface area contributed by atoms with E-state index in [1.165, 1.54) is 24.3 Å². The number of amides is 1. The molecule has 1 atom stereocenters. The van der Waals surface area contributed by atoms with E-state index in [4.69, 9.17) is 0 Å². The molecule has 1 amide bonds. The lowest BCUT2D eigenvalue weighted by Gasteiger charge is -2.20. The van der Waals surface area contributed by atoms with Crippen molar-refractivity contribution in [3.8, 4) is 5.75 Å². The minimum absolute atomic E-state index is 0.0492. The fraction of sp³-hybridized carbons (Fsp3) is 0.174. The number of halogens is 3. The van der Waals surface area contributed by atoms with Gasteiger partial charge in [-0.15, -0.1) is 0 Å². The van der Waals surface area contributed by atoms with Gasteiger partial charge in [-0.05, 0) is 47.9 Å². The van der Waals surface area contributed by atoms with Crippen molar-refractivity contribution >= 4 is 11.6 Å². The second-order valence-corrected chi connectivity index (χ2v) is 6.70. The lowest BCUT2D eigenvalue weighted by atomic mass is 9.98. The number of rotatable bonds is 8. The van der Waals surface area contributed by atoms with E-state index in [1.54, 1.807) is 25.1 Å². The highest BCUT2D eigenvalue weighted by Crippen LogP contribution is 2.25. The van der Waals surface area contributed by atoms with Crippen LogP contribution in [-0.4, -0.2) is 19.1 Å². The van der Waals surface area contributed by atoms with Gasteiger partial charge < -0.3 is 10.1 Å². The van der Waals surface area contributed by atoms with Crippen molar-refractivity contribution in [1.29, 1.82) is 0 Å². The Kier molecular flexibility index (Phi) is 7.08. The zero-order chi connectivity index (χ0) is 21.5. The third kappa shape index (κ3) is 5.84. The van der Waals surface area contributed by atoms with Crippen molar-refractivity contribution in [3.63, 3.8) is 0 Å². The second-order valence-electron chi connectivity index (χ2n) is 6.70. The highest BCUT2D eigenvalue weighted by molar-refractivity contribution is 5.92. The Morgan fingerprint density at radius 1 is 0.967 bits per heavy atom. The predicted octanol–water partition coefficient (Wildman–Crippen LogP) is 5.05. The first kappa shape index (κ1) is 21.4. The zero-order valence-electron chi connectivity index (χ0n) is 16.2. The Bertz CT molecular complexity index is 979. The van der Waals surface area contributed by atoms with E-state index in [2.05, 4.69) is 15.4 Å². The van der Waals surface area contributed by atoms with Crippen molar-refractivity contribution in [3.05, 3.63) is 95.3 Å². The maximum absolute atomic E-state index is 14.0. The van der Waals surface area contributed by atoms with Gasteiger partial charge in [0, 0.05) is 0 Å². The van der Waals surface area contributed by atoms with Crippen LogP contribution in [-0.2, 0) is 4.79 Å². The van der Waals surface area contributed by atoms with Crippen molar-refractivity contribution in [2.24, 2.45) is 0 Å². The smallest absolute Gasteiger partial charge is 0.387 e. The molecule has 0 aromatic heterocycles. The summed E-state index contributed by atoms with van der Waals surface area (Å²) in [5, 5.41) is 5.69. The van der Waals surface area contributed by atoms with E-state index in [-0.39, 0.29) is 24.0 Å². The van der Waals surface area contributed by atoms with Gasteiger partial charge in [0.15, 0.2) is 0 Å². The van der Waals surface area contributed by atoms with Crippen LogP contribution in [0.2, 0.25) is 0 Å². The molecule has 0 radical (unpaired) electrons. The van der Waals surface area contributed by atoms with E-state index in [0.29, 0.717) is 0 Å². The molecule has 7 heteroatoms. The third-order valence-corrected chi connectivity index (χ3v) is 4.44. The Labute approximate surface area is 172 Å². The summed E-state index contributed by atoms with van der Waals surface area (Å²) in [6, 6.07) is 19.8. The first-order valence-corrected chi connectivity index (χ1v) is 9.31. The Morgan fingerprint density at radius 3 is 2.27 bits per heavy atom. The predicted molar refractivity (Wildman–Crippen MR) is 109 cm³/mol.